The van der Waals surface area contributed by atoms with E-state index >= 15 is 0 Å². The fourth-order valence-corrected chi connectivity index (χ4v) is 2.31. The summed E-state index contributed by atoms with van der Waals surface area (Å²) in [4.78, 5) is 4.46. The molecule has 0 atom stereocenters. The molecule has 0 aliphatic rings. The summed E-state index contributed by atoms with van der Waals surface area (Å²) in [6.07, 6.45) is 3.93. The molecule has 5 heteroatoms. The van der Waals surface area contributed by atoms with Crippen LogP contribution in [0.4, 0.5) is 0 Å². The van der Waals surface area contributed by atoms with Gasteiger partial charge in [-0.1, -0.05) is 5.16 Å². The zero-order valence-corrected chi connectivity index (χ0v) is 11.1. The van der Waals surface area contributed by atoms with Crippen LogP contribution in [0.1, 0.15) is 17.0 Å². The van der Waals surface area contributed by atoms with Gasteiger partial charge in [-0.3, -0.25) is 0 Å². The highest BCUT2D eigenvalue weighted by atomic mass is 16.5. The van der Waals surface area contributed by atoms with Crippen LogP contribution in [0.25, 0.3) is 11.0 Å². The van der Waals surface area contributed by atoms with E-state index in [1.807, 2.05) is 32.3 Å². The summed E-state index contributed by atoms with van der Waals surface area (Å²) in [5.74, 6) is 0.844. The Hall–Kier alpha value is -2.14. The van der Waals surface area contributed by atoms with E-state index in [0.717, 1.165) is 23.6 Å². The first-order valence-corrected chi connectivity index (χ1v) is 6.27. The minimum absolute atomic E-state index is 0.651. The number of hydrogen-bond acceptors (Lipinski definition) is 4. The van der Waals surface area contributed by atoms with Crippen LogP contribution in [0.2, 0.25) is 0 Å². The number of nitrogens with zero attached hydrogens (tertiary/aromatic N) is 3. The standard InChI is InChI=1S/C14H16N4O/c1-10-6-12(19-17-10)9-18-8-11(7-15-2)13-4-3-5-16-14(13)18/h3-6,8,15H,7,9H2,1-2H3. The molecule has 0 fully saturated rings. The van der Waals surface area contributed by atoms with Crippen molar-refractivity contribution in [2.75, 3.05) is 7.05 Å². The minimum atomic E-state index is 0.651. The summed E-state index contributed by atoms with van der Waals surface area (Å²) in [5, 5.41) is 8.27. The van der Waals surface area contributed by atoms with Gasteiger partial charge in [-0.15, -0.1) is 0 Å². The van der Waals surface area contributed by atoms with E-state index in [1.165, 1.54) is 10.9 Å². The average Bonchev–Trinajstić information content (AvgIpc) is 2.97. The molecule has 0 spiro atoms. The number of hydrogen-bond donors (Lipinski definition) is 1. The molecular weight excluding hydrogens is 240 g/mol. The van der Waals surface area contributed by atoms with Gasteiger partial charge in [0.2, 0.25) is 0 Å². The maximum absolute atomic E-state index is 5.27. The van der Waals surface area contributed by atoms with E-state index in [0.29, 0.717) is 6.54 Å². The van der Waals surface area contributed by atoms with Gasteiger partial charge in [0.15, 0.2) is 5.76 Å². The Labute approximate surface area is 111 Å². The van der Waals surface area contributed by atoms with Crippen LogP contribution in [0.3, 0.4) is 0 Å². The summed E-state index contributed by atoms with van der Waals surface area (Å²) in [6, 6.07) is 6.01. The summed E-state index contributed by atoms with van der Waals surface area (Å²) >= 11 is 0. The highest BCUT2D eigenvalue weighted by Crippen LogP contribution is 2.20. The number of nitrogens with one attached hydrogen (secondary N) is 1. The van der Waals surface area contributed by atoms with Gasteiger partial charge in [-0.25, -0.2) is 4.98 Å². The van der Waals surface area contributed by atoms with E-state index in [-0.39, 0.29) is 0 Å². The van der Waals surface area contributed by atoms with Crippen molar-refractivity contribution >= 4 is 11.0 Å². The van der Waals surface area contributed by atoms with Gasteiger partial charge in [0.25, 0.3) is 0 Å². The molecular formula is C14H16N4O. The zero-order chi connectivity index (χ0) is 13.2. The SMILES string of the molecule is CNCc1cn(Cc2cc(C)no2)c2ncccc12. The van der Waals surface area contributed by atoms with Gasteiger partial charge >= 0.3 is 0 Å². The van der Waals surface area contributed by atoms with Crippen LogP contribution < -0.4 is 5.32 Å². The number of aromatic nitrogens is 3. The summed E-state index contributed by atoms with van der Waals surface area (Å²) in [6.45, 7) is 3.40. The van der Waals surface area contributed by atoms with Crippen molar-refractivity contribution in [1.29, 1.82) is 0 Å². The summed E-state index contributed by atoms with van der Waals surface area (Å²) < 4.78 is 7.37. The second-order valence-corrected chi connectivity index (χ2v) is 4.62. The Kier molecular flexibility index (Phi) is 3.05. The molecule has 0 aliphatic carbocycles. The Morgan fingerprint density at radius 2 is 2.32 bits per heavy atom. The number of aryl methyl sites for hydroxylation is 1. The first kappa shape index (κ1) is 11.9. The lowest BCUT2D eigenvalue weighted by atomic mass is 10.2. The maximum atomic E-state index is 5.27. The fourth-order valence-electron chi connectivity index (χ4n) is 2.31. The number of rotatable bonds is 4. The smallest absolute Gasteiger partial charge is 0.156 e. The molecule has 0 aliphatic heterocycles. The van der Waals surface area contributed by atoms with E-state index in [2.05, 4.69) is 32.3 Å². The van der Waals surface area contributed by atoms with Crippen molar-refractivity contribution < 1.29 is 4.52 Å². The van der Waals surface area contributed by atoms with Crippen LogP contribution >= 0.6 is 0 Å². The van der Waals surface area contributed by atoms with Crippen molar-refractivity contribution in [3.8, 4) is 0 Å². The van der Waals surface area contributed by atoms with Crippen LogP contribution in [0.5, 0.6) is 0 Å². The topological polar surface area (TPSA) is 55.9 Å². The average molecular weight is 256 g/mol. The molecule has 0 aromatic carbocycles. The van der Waals surface area contributed by atoms with Crippen LogP contribution in [-0.4, -0.2) is 21.8 Å². The molecule has 0 bridgehead atoms. The first-order valence-electron chi connectivity index (χ1n) is 6.27. The molecule has 5 nitrogen and oxygen atoms in total. The lowest BCUT2D eigenvalue weighted by Gasteiger charge is -2.00. The van der Waals surface area contributed by atoms with E-state index in [4.69, 9.17) is 4.52 Å². The second kappa shape index (κ2) is 4.85. The van der Waals surface area contributed by atoms with Crippen molar-refractivity contribution in [1.82, 2.24) is 20.0 Å². The molecule has 0 amide bonds. The molecule has 3 rings (SSSR count). The van der Waals surface area contributed by atoms with Crippen molar-refractivity contribution in [3.05, 3.63) is 47.6 Å². The quantitative estimate of drug-likeness (QED) is 0.776. The molecule has 3 aromatic heterocycles. The molecule has 1 N–H and O–H groups in total. The fraction of sp³-hybridized carbons (Fsp3) is 0.286. The van der Waals surface area contributed by atoms with Gasteiger partial charge < -0.3 is 14.4 Å². The van der Waals surface area contributed by atoms with Crippen LogP contribution in [-0.2, 0) is 13.1 Å². The Morgan fingerprint density at radius 3 is 3.05 bits per heavy atom. The van der Waals surface area contributed by atoms with Crippen LogP contribution in [0.15, 0.2) is 35.1 Å². The van der Waals surface area contributed by atoms with Gasteiger partial charge in [-0.05, 0) is 31.7 Å². The molecule has 98 valence electrons. The minimum Gasteiger partial charge on any atom is -0.359 e. The Morgan fingerprint density at radius 1 is 1.42 bits per heavy atom. The molecule has 0 saturated heterocycles. The Bertz CT molecular complexity index is 698. The normalized spacial score (nSPS) is 11.3. The lowest BCUT2D eigenvalue weighted by molar-refractivity contribution is 0.374. The predicted octanol–water partition coefficient (Wildman–Crippen LogP) is 2.10. The molecule has 0 radical (unpaired) electrons. The zero-order valence-electron chi connectivity index (χ0n) is 11.1. The van der Waals surface area contributed by atoms with E-state index < -0.39 is 0 Å². The third-order valence-corrected chi connectivity index (χ3v) is 3.09. The van der Waals surface area contributed by atoms with Crippen LogP contribution in [0, 0.1) is 6.92 Å². The maximum Gasteiger partial charge on any atom is 0.156 e. The van der Waals surface area contributed by atoms with Crippen molar-refractivity contribution in [2.24, 2.45) is 0 Å². The summed E-state index contributed by atoms with van der Waals surface area (Å²) in [7, 11) is 1.94. The first-order chi connectivity index (χ1) is 9.28. The number of pyridine rings is 1. The third kappa shape index (κ3) is 2.24. The van der Waals surface area contributed by atoms with Gasteiger partial charge in [0.1, 0.15) is 5.65 Å². The van der Waals surface area contributed by atoms with Gasteiger partial charge in [0.05, 0.1) is 12.2 Å². The largest absolute Gasteiger partial charge is 0.359 e. The highest BCUT2D eigenvalue weighted by Gasteiger charge is 2.10. The van der Waals surface area contributed by atoms with E-state index in [1.54, 1.807) is 0 Å². The molecule has 3 heterocycles. The summed E-state index contributed by atoms with van der Waals surface area (Å²) in [5.41, 5.74) is 3.11. The molecule has 3 aromatic rings. The third-order valence-electron chi connectivity index (χ3n) is 3.09. The Balaban J connectivity index is 2.03. The molecule has 0 unspecified atom stereocenters. The second-order valence-electron chi connectivity index (χ2n) is 4.62. The van der Waals surface area contributed by atoms with Crippen molar-refractivity contribution in [3.63, 3.8) is 0 Å². The van der Waals surface area contributed by atoms with Gasteiger partial charge in [-0.2, -0.15) is 0 Å². The van der Waals surface area contributed by atoms with E-state index in [9.17, 15) is 0 Å². The molecule has 0 saturated carbocycles. The van der Waals surface area contributed by atoms with Gasteiger partial charge in [0, 0.05) is 30.4 Å². The van der Waals surface area contributed by atoms with Crippen molar-refractivity contribution in [2.45, 2.75) is 20.0 Å². The highest BCUT2D eigenvalue weighted by molar-refractivity contribution is 5.80. The predicted molar refractivity (Wildman–Crippen MR) is 72.8 cm³/mol. The number of fused-ring (bicyclic) bond motifs is 1. The molecule has 19 heavy (non-hydrogen) atoms. The lowest BCUT2D eigenvalue weighted by Crippen LogP contribution is -2.04. The monoisotopic (exact) mass is 256 g/mol.